The Bertz CT molecular complexity index is 318. The summed E-state index contributed by atoms with van der Waals surface area (Å²) in [5.41, 5.74) is 0.806. The van der Waals surface area contributed by atoms with Gasteiger partial charge >= 0.3 is 0 Å². The highest BCUT2D eigenvalue weighted by molar-refractivity contribution is 5.97. The molecule has 0 spiro atoms. The van der Waals surface area contributed by atoms with E-state index in [9.17, 15) is 4.79 Å². The number of nitrogens with zero attached hydrogens (tertiary/aromatic N) is 2. The van der Waals surface area contributed by atoms with Gasteiger partial charge in [0.15, 0.2) is 5.78 Å². The molecule has 3 nitrogen and oxygen atoms in total. The van der Waals surface area contributed by atoms with E-state index < -0.39 is 0 Å². The monoisotopic (exact) mass is 203 g/mol. The Labute approximate surface area is 90.1 Å². The van der Waals surface area contributed by atoms with Crippen LogP contribution in [0.25, 0.3) is 0 Å². The van der Waals surface area contributed by atoms with Crippen LogP contribution in [0.3, 0.4) is 0 Å². The summed E-state index contributed by atoms with van der Waals surface area (Å²) in [6.07, 6.45) is 0. The Hall–Kier alpha value is -1.19. The second kappa shape index (κ2) is 5.05. The predicted molar refractivity (Wildman–Crippen MR) is 59.1 cm³/mol. The molecule has 0 N–H and O–H groups in total. The molecule has 0 bridgehead atoms. The van der Waals surface area contributed by atoms with E-state index in [0.29, 0.717) is 6.54 Å². The summed E-state index contributed by atoms with van der Waals surface area (Å²) in [4.78, 5) is 14.0. The van der Waals surface area contributed by atoms with Crippen LogP contribution in [0.4, 0.5) is 0 Å². The van der Waals surface area contributed by atoms with Crippen LogP contribution in [0.2, 0.25) is 0 Å². The van der Waals surface area contributed by atoms with Crippen LogP contribution in [-0.4, -0.2) is 43.4 Å². The Morgan fingerprint density at radius 1 is 1.20 bits per heavy atom. The summed E-state index contributed by atoms with van der Waals surface area (Å²) in [5, 5.41) is 4.25. The number of benzene rings is 1. The fraction of sp³-hybridized carbons (Fsp3) is 0.417. The molecule has 0 atom stereocenters. The fourth-order valence-corrected chi connectivity index (χ4v) is 1.72. The molecule has 1 radical (unpaired) electrons. The van der Waals surface area contributed by atoms with Crippen LogP contribution in [-0.2, 0) is 0 Å². The molecule has 0 unspecified atom stereocenters. The molecule has 1 fully saturated rings. The first-order valence-corrected chi connectivity index (χ1v) is 5.30. The molecule has 2 rings (SSSR count). The minimum atomic E-state index is 0.206. The first-order chi connectivity index (χ1) is 7.36. The van der Waals surface area contributed by atoms with Crippen molar-refractivity contribution in [2.45, 2.75) is 0 Å². The first kappa shape index (κ1) is 10.3. The number of ketones is 1. The van der Waals surface area contributed by atoms with Crippen molar-refractivity contribution < 1.29 is 4.79 Å². The summed E-state index contributed by atoms with van der Waals surface area (Å²) < 4.78 is 0. The van der Waals surface area contributed by atoms with E-state index >= 15 is 0 Å². The van der Waals surface area contributed by atoms with Gasteiger partial charge in [-0.15, -0.1) is 0 Å². The average Bonchev–Trinajstić information content (AvgIpc) is 2.31. The number of hydrogen-bond donors (Lipinski definition) is 0. The van der Waals surface area contributed by atoms with Gasteiger partial charge in [-0.05, 0) is 0 Å². The summed E-state index contributed by atoms with van der Waals surface area (Å²) in [7, 11) is 0. The van der Waals surface area contributed by atoms with Gasteiger partial charge in [-0.25, -0.2) is 5.32 Å². The van der Waals surface area contributed by atoms with Gasteiger partial charge in [0, 0.05) is 31.7 Å². The van der Waals surface area contributed by atoms with Crippen molar-refractivity contribution in [3.63, 3.8) is 0 Å². The van der Waals surface area contributed by atoms with E-state index in [2.05, 4.69) is 10.2 Å². The van der Waals surface area contributed by atoms with E-state index in [4.69, 9.17) is 0 Å². The topological polar surface area (TPSA) is 34.4 Å². The Morgan fingerprint density at radius 3 is 2.53 bits per heavy atom. The number of carbonyl (C=O) groups excluding carboxylic acids is 1. The maximum atomic E-state index is 11.8. The zero-order valence-electron chi connectivity index (χ0n) is 8.72. The number of hydrogen-bond acceptors (Lipinski definition) is 2. The zero-order valence-corrected chi connectivity index (χ0v) is 8.72. The van der Waals surface area contributed by atoms with Crippen molar-refractivity contribution in [1.82, 2.24) is 10.2 Å². The van der Waals surface area contributed by atoms with Crippen LogP contribution in [0.5, 0.6) is 0 Å². The molecule has 1 heterocycles. The van der Waals surface area contributed by atoms with E-state index in [1.165, 1.54) is 0 Å². The van der Waals surface area contributed by atoms with Crippen molar-refractivity contribution >= 4 is 5.78 Å². The maximum absolute atomic E-state index is 11.8. The van der Waals surface area contributed by atoms with Crippen molar-refractivity contribution in [3.8, 4) is 0 Å². The quantitative estimate of drug-likeness (QED) is 0.681. The lowest BCUT2D eigenvalue weighted by Crippen LogP contribution is -2.42. The fourth-order valence-electron chi connectivity index (χ4n) is 1.72. The highest BCUT2D eigenvalue weighted by Gasteiger charge is 2.14. The SMILES string of the molecule is O=C(CN1CC[N]CC1)c1ccccc1. The van der Waals surface area contributed by atoms with Crippen LogP contribution < -0.4 is 5.32 Å². The van der Waals surface area contributed by atoms with Crippen molar-refractivity contribution in [3.05, 3.63) is 35.9 Å². The lowest BCUT2D eigenvalue weighted by atomic mass is 10.1. The normalized spacial score (nSPS) is 17.6. The molecule has 0 amide bonds. The van der Waals surface area contributed by atoms with E-state index in [0.717, 1.165) is 31.7 Å². The number of piperazine rings is 1. The lowest BCUT2D eigenvalue weighted by molar-refractivity contribution is 0.0921. The van der Waals surface area contributed by atoms with E-state index in [1.54, 1.807) is 0 Å². The minimum Gasteiger partial charge on any atom is -0.293 e. The Balaban J connectivity index is 1.91. The lowest BCUT2D eigenvalue weighted by Gasteiger charge is -2.25. The molecule has 1 aromatic rings. The standard InChI is InChI=1S/C12H15N2O/c15-12(11-4-2-1-3-5-11)10-14-8-6-13-7-9-14/h1-5H,6-10H2. The Morgan fingerprint density at radius 2 is 1.87 bits per heavy atom. The molecule has 0 saturated carbocycles. The largest absolute Gasteiger partial charge is 0.293 e. The van der Waals surface area contributed by atoms with Gasteiger partial charge in [-0.3, -0.25) is 9.69 Å². The number of rotatable bonds is 3. The third-order valence-corrected chi connectivity index (χ3v) is 2.61. The summed E-state index contributed by atoms with van der Waals surface area (Å²) in [6.45, 7) is 4.08. The number of carbonyl (C=O) groups is 1. The van der Waals surface area contributed by atoms with Gasteiger partial charge in [0.1, 0.15) is 0 Å². The second-order valence-corrected chi connectivity index (χ2v) is 3.74. The maximum Gasteiger partial charge on any atom is 0.176 e. The van der Waals surface area contributed by atoms with Gasteiger partial charge in [0.25, 0.3) is 0 Å². The van der Waals surface area contributed by atoms with Crippen molar-refractivity contribution in [2.24, 2.45) is 0 Å². The van der Waals surface area contributed by atoms with Crippen LogP contribution in [0.15, 0.2) is 30.3 Å². The Kier molecular flexibility index (Phi) is 3.48. The summed E-state index contributed by atoms with van der Waals surface area (Å²) >= 11 is 0. The predicted octanol–water partition coefficient (Wildman–Crippen LogP) is 0.789. The number of Topliss-reactive ketones (excluding diaryl/α,β-unsaturated/α-hetero) is 1. The molecule has 1 saturated heterocycles. The zero-order chi connectivity index (χ0) is 10.5. The van der Waals surface area contributed by atoms with Crippen molar-refractivity contribution in [1.29, 1.82) is 0 Å². The van der Waals surface area contributed by atoms with E-state index in [-0.39, 0.29) is 5.78 Å². The molecule has 0 aliphatic carbocycles. The third-order valence-electron chi connectivity index (χ3n) is 2.61. The summed E-state index contributed by atoms with van der Waals surface area (Å²) in [6, 6.07) is 9.47. The molecule has 3 heteroatoms. The molecular formula is C12H15N2O. The molecule has 1 aliphatic rings. The van der Waals surface area contributed by atoms with Crippen molar-refractivity contribution in [2.75, 3.05) is 32.7 Å². The third kappa shape index (κ3) is 2.88. The van der Waals surface area contributed by atoms with Gasteiger partial charge < -0.3 is 0 Å². The molecule has 0 aromatic heterocycles. The molecule has 1 aliphatic heterocycles. The molecule has 15 heavy (non-hydrogen) atoms. The summed E-state index contributed by atoms with van der Waals surface area (Å²) in [5.74, 6) is 0.206. The van der Waals surface area contributed by atoms with Crippen LogP contribution in [0, 0.1) is 0 Å². The molecular weight excluding hydrogens is 188 g/mol. The van der Waals surface area contributed by atoms with E-state index in [1.807, 2.05) is 30.3 Å². The van der Waals surface area contributed by atoms with Gasteiger partial charge in [-0.2, -0.15) is 0 Å². The van der Waals surface area contributed by atoms with Gasteiger partial charge in [0.05, 0.1) is 6.54 Å². The second-order valence-electron chi connectivity index (χ2n) is 3.74. The average molecular weight is 203 g/mol. The highest BCUT2D eigenvalue weighted by atomic mass is 16.1. The van der Waals surface area contributed by atoms with Gasteiger partial charge in [-0.1, -0.05) is 30.3 Å². The highest BCUT2D eigenvalue weighted by Crippen LogP contribution is 2.02. The molecule has 1 aromatic carbocycles. The van der Waals surface area contributed by atoms with Crippen LogP contribution in [0.1, 0.15) is 10.4 Å². The first-order valence-electron chi connectivity index (χ1n) is 5.30. The smallest absolute Gasteiger partial charge is 0.176 e. The minimum absolute atomic E-state index is 0.206. The van der Waals surface area contributed by atoms with Crippen LogP contribution >= 0.6 is 0 Å². The molecule has 79 valence electrons. The van der Waals surface area contributed by atoms with Gasteiger partial charge in [0.2, 0.25) is 0 Å².